The highest BCUT2D eigenvalue weighted by Crippen LogP contribution is 2.89. The molecule has 0 aromatic heterocycles. The van der Waals surface area contributed by atoms with Crippen LogP contribution in [-0.2, 0) is 23.8 Å². The van der Waals surface area contributed by atoms with Crippen LogP contribution in [0.1, 0.15) is 120 Å². The molecule has 7 fully saturated rings. The van der Waals surface area contributed by atoms with Crippen molar-refractivity contribution in [3.63, 3.8) is 0 Å². The van der Waals surface area contributed by atoms with Crippen molar-refractivity contribution in [3.05, 3.63) is 0 Å². The van der Waals surface area contributed by atoms with Gasteiger partial charge in [-0.1, -0.05) is 34.6 Å². The minimum atomic E-state index is -1.26. The van der Waals surface area contributed by atoms with E-state index in [1.807, 2.05) is 0 Å². The Balaban J connectivity index is 1.15. The largest absolute Gasteiger partial charge is 0.461 e. The first-order chi connectivity index (χ1) is 20.9. The van der Waals surface area contributed by atoms with Gasteiger partial charge in [-0.25, -0.2) is 0 Å². The molecule has 2 heterocycles. The second-order valence-corrected chi connectivity index (χ2v) is 18.3. The molecule has 7 aliphatic rings. The zero-order chi connectivity index (χ0) is 32.5. The number of hydrogen-bond donors (Lipinski definition) is 3. The molecule has 5 saturated carbocycles. The Hall–Kier alpha value is -1.22. The quantitative estimate of drug-likeness (QED) is 0.357. The number of ether oxygens (including phenoxy) is 3. The van der Waals surface area contributed by atoms with Crippen LogP contribution in [-0.4, -0.2) is 70.9 Å². The van der Waals surface area contributed by atoms with Crippen LogP contribution < -0.4 is 5.32 Å². The van der Waals surface area contributed by atoms with Gasteiger partial charge in [0, 0.05) is 17.8 Å². The molecule has 3 N–H and O–H groups in total. The number of rotatable bonds is 5. The SMILES string of the molecule is CC(=O)O[C@@H]([C@H]1C[C@@H](C)[C@H]2[C@H](O1)[C@H](O)[C@@]1(C)[C@@H]3CC[C@H]4C(C)(C)C(OC(=O)[C@@H]5CCCN5)CC[C@@]45C[C@@]35CC[C@]21C)C(C)(C)O. The summed E-state index contributed by atoms with van der Waals surface area (Å²) in [5.41, 5.74) is -1.25. The Bertz CT molecular complexity index is 1220. The highest BCUT2D eigenvalue weighted by molar-refractivity contribution is 5.76. The molecule has 8 heteroatoms. The van der Waals surface area contributed by atoms with Crippen molar-refractivity contribution in [2.24, 2.45) is 50.7 Å². The molecule has 2 aliphatic heterocycles. The number of carbonyl (C=O) groups is 2. The van der Waals surface area contributed by atoms with Gasteiger partial charge in [0.2, 0.25) is 0 Å². The van der Waals surface area contributed by atoms with Crippen LogP contribution in [0.4, 0.5) is 0 Å². The third kappa shape index (κ3) is 4.22. The number of hydrogen-bond acceptors (Lipinski definition) is 8. The van der Waals surface area contributed by atoms with Gasteiger partial charge in [-0.15, -0.1) is 0 Å². The molecule has 0 bridgehead atoms. The molecule has 8 nitrogen and oxygen atoms in total. The maximum atomic E-state index is 13.1. The summed E-state index contributed by atoms with van der Waals surface area (Å²) in [4.78, 5) is 25.1. The van der Waals surface area contributed by atoms with E-state index in [0.29, 0.717) is 18.3 Å². The Morgan fingerprint density at radius 2 is 1.69 bits per heavy atom. The molecule has 0 aromatic carbocycles. The molecule has 2 spiro atoms. The van der Waals surface area contributed by atoms with Crippen LogP contribution in [0.5, 0.6) is 0 Å². The lowest BCUT2D eigenvalue weighted by Gasteiger charge is -2.63. The van der Waals surface area contributed by atoms with E-state index in [9.17, 15) is 19.8 Å². The second-order valence-electron chi connectivity index (χ2n) is 18.3. The molecule has 254 valence electrons. The monoisotopic (exact) mass is 629 g/mol. The summed E-state index contributed by atoms with van der Waals surface area (Å²) in [5, 5.41) is 26.8. The minimum absolute atomic E-state index is 0.0475. The number of aliphatic hydroxyl groups is 2. The summed E-state index contributed by atoms with van der Waals surface area (Å²) < 4.78 is 18.8. The van der Waals surface area contributed by atoms with Gasteiger partial charge in [0.05, 0.1) is 23.9 Å². The molecule has 14 atom stereocenters. The predicted octanol–water partition coefficient (Wildman–Crippen LogP) is 5.17. The van der Waals surface area contributed by atoms with Crippen LogP contribution in [0.25, 0.3) is 0 Å². The first kappa shape index (κ1) is 32.3. The normalized spacial score (nSPS) is 51.9. The van der Waals surface area contributed by atoms with Crippen molar-refractivity contribution in [1.82, 2.24) is 5.32 Å². The third-order valence-electron chi connectivity index (χ3n) is 15.7. The lowest BCUT2D eigenvalue weighted by atomic mass is 9.41. The minimum Gasteiger partial charge on any atom is -0.461 e. The van der Waals surface area contributed by atoms with Crippen LogP contribution in [0.3, 0.4) is 0 Å². The zero-order valence-electron chi connectivity index (χ0n) is 29.0. The Kier molecular flexibility index (Phi) is 7.29. The Morgan fingerprint density at radius 1 is 1.00 bits per heavy atom. The van der Waals surface area contributed by atoms with Gasteiger partial charge in [0.15, 0.2) is 6.10 Å². The molecule has 1 unspecified atom stereocenters. The highest BCUT2D eigenvalue weighted by Gasteiger charge is 2.84. The lowest BCUT2D eigenvalue weighted by Crippen LogP contribution is -2.60. The fraction of sp³-hybridized carbons (Fsp3) is 0.946. The number of nitrogens with one attached hydrogen (secondary N) is 1. The highest BCUT2D eigenvalue weighted by atomic mass is 16.6. The van der Waals surface area contributed by atoms with Gasteiger partial charge in [-0.05, 0) is 125 Å². The van der Waals surface area contributed by atoms with Gasteiger partial charge in [-0.3, -0.25) is 9.59 Å². The average molecular weight is 630 g/mol. The van der Waals surface area contributed by atoms with Gasteiger partial charge in [-0.2, -0.15) is 0 Å². The molecular weight excluding hydrogens is 570 g/mol. The van der Waals surface area contributed by atoms with Crippen molar-refractivity contribution in [2.45, 2.75) is 162 Å². The van der Waals surface area contributed by atoms with E-state index in [2.05, 4.69) is 39.9 Å². The molecule has 2 saturated heterocycles. The third-order valence-corrected chi connectivity index (χ3v) is 15.7. The first-order valence-electron chi connectivity index (χ1n) is 18.1. The molecule has 0 aromatic rings. The summed E-state index contributed by atoms with van der Waals surface area (Å²) in [6.07, 6.45) is 8.02. The van der Waals surface area contributed by atoms with E-state index >= 15 is 0 Å². The van der Waals surface area contributed by atoms with Crippen LogP contribution in [0, 0.1) is 50.7 Å². The van der Waals surface area contributed by atoms with Crippen molar-refractivity contribution in [2.75, 3.05) is 6.54 Å². The van der Waals surface area contributed by atoms with Crippen molar-refractivity contribution in [3.8, 4) is 0 Å². The molecule has 7 rings (SSSR count). The van der Waals surface area contributed by atoms with E-state index in [1.165, 1.54) is 19.8 Å². The standard InChI is InChI=1S/C37H59NO7/c1-20-18-23(30(33(5,6)42)43-21(2)39)44-28-27(20)34(7)15-16-37-19-36(37)14-13-26(45-31(41)22-10-9-17-38-22)32(3,4)24(36)11-12-25(37)35(34,8)29(28)40/h20,22-30,38,40,42H,9-19H2,1-8H3/t20-,22+,23-,24+,25+,26?,27+,28+,29+,30+,34-,35-,36-,37+/m1/s1. The van der Waals surface area contributed by atoms with Gasteiger partial charge in [0.25, 0.3) is 0 Å². The number of aliphatic hydroxyl groups excluding tert-OH is 1. The average Bonchev–Trinajstić information content (AvgIpc) is 3.21. The molecule has 0 amide bonds. The maximum absolute atomic E-state index is 13.1. The van der Waals surface area contributed by atoms with Gasteiger partial charge < -0.3 is 29.7 Å². The number of fused-ring (bicyclic) bond motifs is 4. The summed E-state index contributed by atoms with van der Waals surface area (Å²) in [6, 6.07) is -0.153. The maximum Gasteiger partial charge on any atom is 0.323 e. The topological polar surface area (TPSA) is 114 Å². The van der Waals surface area contributed by atoms with E-state index < -0.39 is 29.9 Å². The molecule has 0 radical (unpaired) electrons. The summed E-state index contributed by atoms with van der Waals surface area (Å²) in [6.45, 7) is 17.4. The molecule has 45 heavy (non-hydrogen) atoms. The van der Waals surface area contributed by atoms with Crippen LogP contribution in [0.2, 0.25) is 0 Å². The fourth-order valence-electron chi connectivity index (χ4n) is 13.7. The van der Waals surface area contributed by atoms with Crippen LogP contribution in [0.15, 0.2) is 0 Å². The lowest BCUT2D eigenvalue weighted by molar-refractivity contribution is -0.216. The Morgan fingerprint density at radius 3 is 2.33 bits per heavy atom. The van der Waals surface area contributed by atoms with Crippen molar-refractivity contribution < 1.29 is 34.0 Å². The van der Waals surface area contributed by atoms with Crippen LogP contribution >= 0.6 is 0 Å². The predicted molar refractivity (Wildman–Crippen MR) is 169 cm³/mol. The summed E-state index contributed by atoms with van der Waals surface area (Å²) in [7, 11) is 0. The zero-order valence-corrected chi connectivity index (χ0v) is 29.0. The van der Waals surface area contributed by atoms with Gasteiger partial charge >= 0.3 is 11.9 Å². The Labute approximate surface area is 270 Å². The fourth-order valence-corrected chi connectivity index (χ4v) is 13.7. The van der Waals surface area contributed by atoms with E-state index in [1.54, 1.807) is 13.8 Å². The first-order valence-corrected chi connectivity index (χ1v) is 18.1. The second kappa shape index (κ2) is 10.1. The van der Waals surface area contributed by atoms with Gasteiger partial charge in [0.1, 0.15) is 12.1 Å². The summed E-state index contributed by atoms with van der Waals surface area (Å²) in [5.74, 6) is 0.883. The van der Waals surface area contributed by atoms with E-state index in [-0.39, 0.29) is 63.1 Å². The number of esters is 2. The smallest absolute Gasteiger partial charge is 0.323 e. The molecular formula is C37H59NO7. The van der Waals surface area contributed by atoms with E-state index in [4.69, 9.17) is 14.2 Å². The molecule has 5 aliphatic carbocycles. The van der Waals surface area contributed by atoms with Crippen molar-refractivity contribution in [1.29, 1.82) is 0 Å². The number of carbonyl (C=O) groups excluding carboxylic acids is 2. The van der Waals surface area contributed by atoms with E-state index in [0.717, 1.165) is 51.5 Å². The van der Waals surface area contributed by atoms with Crippen molar-refractivity contribution >= 4 is 11.9 Å². The summed E-state index contributed by atoms with van der Waals surface area (Å²) >= 11 is 0.